The minimum atomic E-state index is 0.0742. The maximum Gasteiger partial charge on any atom is 0.0704 e. The second-order valence-corrected chi connectivity index (χ2v) is 14.4. The Morgan fingerprint density at radius 2 is 1.46 bits per heavy atom. The average molecular weight is 521 g/mol. The van der Waals surface area contributed by atoms with Crippen LogP contribution in [-0.2, 0) is 14.2 Å². The van der Waals surface area contributed by atoms with Crippen LogP contribution in [0, 0.1) is 52.3 Å². The van der Waals surface area contributed by atoms with Gasteiger partial charge in [0.15, 0.2) is 0 Å². The molecule has 0 aromatic heterocycles. The molecule has 4 nitrogen and oxygen atoms in total. The fraction of sp³-hybridized carbons (Fsp3) is 1.00. The third-order valence-electron chi connectivity index (χ3n) is 12.0. The van der Waals surface area contributed by atoms with Crippen LogP contribution in [0.3, 0.4) is 0 Å². The number of aliphatic hydroxyl groups is 1. The molecular weight excluding hydrogens is 460 g/mol. The normalized spacial score (nSPS) is 40.3. The van der Waals surface area contributed by atoms with E-state index < -0.39 is 0 Å². The van der Waals surface area contributed by atoms with Crippen molar-refractivity contribution in [1.29, 1.82) is 0 Å². The molecule has 0 aromatic rings. The van der Waals surface area contributed by atoms with Crippen LogP contribution in [0.4, 0.5) is 0 Å². The van der Waals surface area contributed by atoms with Crippen LogP contribution >= 0.6 is 0 Å². The third-order valence-corrected chi connectivity index (χ3v) is 12.0. The molecule has 4 aliphatic rings. The Balaban J connectivity index is 1.26. The summed E-state index contributed by atoms with van der Waals surface area (Å²) in [5, 5.41) is 8.75. The Hall–Kier alpha value is -0.160. The maximum absolute atomic E-state index is 8.75. The van der Waals surface area contributed by atoms with Crippen LogP contribution < -0.4 is 0 Å². The first-order valence-corrected chi connectivity index (χ1v) is 16.2. The van der Waals surface area contributed by atoms with E-state index in [1.165, 1.54) is 77.0 Å². The molecule has 1 N–H and O–H groups in total. The standard InChI is InChI=1S/C33H60O4/c1-24(2)7-6-8-25(3)29-11-12-30-28-10-9-26-23-27(37-22-21-36-20-19-35-18-17-34)13-15-32(26,4)31(28)14-16-33(29,30)5/h24-31,34H,6-23H2,1-5H3/t25-,26+,27+,28+,29-,30+,31+,32+,33-/m1/s1. The molecule has 0 saturated heterocycles. The summed E-state index contributed by atoms with van der Waals surface area (Å²) in [4.78, 5) is 0. The van der Waals surface area contributed by atoms with Gasteiger partial charge in [0.1, 0.15) is 0 Å². The fourth-order valence-electron chi connectivity index (χ4n) is 10.1. The van der Waals surface area contributed by atoms with Crippen molar-refractivity contribution in [1.82, 2.24) is 0 Å². The van der Waals surface area contributed by atoms with E-state index in [9.17, 15) is 0 Å². The van der Waals surface area contributed by atoms with Crippen molar-refractivity contribution >= 4 is 0 Å². The van der Waals surface area contributed by atoms with Crippen LogP contribution in [0.25, 0.3) is 0 Å². The molecule has 0 heterocycles. The quantitative estimate of drug-likeness (QED) is 0.241. The molecule has 216 valence electrons. The van der Waals surface area contributed by atoms with Gasteiger partial charge in [-0.15, -0.1) is 0 Å². The van der Waals surface area contributed by atoms with E-state index in [2.05, 4.69) is 34.6 Å². The van der Waals surface area contributed by atoms with Crippen LogP contribution in [0.15, 0.2) is 0 Å². The van der Waals surface area contributed by atoms with Gasteiger partial charge in [0.25, 0.3) is 0 Å². The summed E-state index contributed by atoms with van der Waals surface area (Å²) in [5.74, 6) is 6.47. The van der Waals surface area contributed by atoms with Gasteiger partial charge in [0.2, 0.25) is 0 Å². The monoisotopic (exact) mass is 520 g/mol. The topological polar surface area (TPSA) is 47.9 Å². The maximum atomic E-state index is 8.75. The van der Waals surface area contributed by atoms with E-state index >= 15 is 0 Å². The Bertz CT molecular complexity index is 681. The Morgan fingerprint density at radius 3 is 2.22 bits per heavy atom. The first kappa shape index (κ1) is 29.8. The smallest absolute Gasteiger partial charge is 0.0704 e. The summed E-state index contributed by atoms with van der Waals surface area (Å²) in [6, 6.07) is 0. The Labute approximate surface area is 229 Å². The van der Waals surface area contributed by atoms with Crippen LogP contribution in [-0.4, -0.2) is 50.9 Å². The molecule has 0 amide bonds. The van der Waals surface area contributed by atoms with Gasteiger partial charge in [0, 0.05) is 0 Å². The molecular formula is C33H60O4. The molecule has 4 fully saturated rings. The number of rotatable bonds is 14. The summed E-state index contributed by atoms with van der Waals surface area (Å²) in [6.45, 7) is 15.7. The van der Waals surface area contributed by atoms with E-state index in [-0.39, 0.29) is 6.61 Å². The van der Waals surface area contributed by atoms with E-state index in [4.69, 9.17) is 19.3 Å². The van der Waals surface area contributed by atoms with Crippen molar-refractivity contribution in [3.8, 4) is 0 Å². The molecule has 0 bridgehead atoms. The molecule has 0 radical (unpaired) electrons. The molecule has 4 rings (SSSR count). The molecule has 0 aromatic carbocycles. The highest BCUT2D eigenvalue weighted by molar-refractivity contribution is 5.09. The van der Waals surface area contributed by atoms with Crippen LogP contribution in [0.1, 0.15) is 112 Å². The van der Waals surface area contributed by atoms with Gasteiger partial charge < -0.3 is 19.3 Å². The zero-order chi connectivity index (χ0) is 26.5. The number of aliphatic hydroxyl groups excluding tert-OH is 1. The molecule has 0 unspecified atom stereocenters. The van der Waals surface area contributed by atoms with Crippen molar-refractivity contribution in [2.24, 2.45) is 52.3 Å². The van der Waals surface area contributed by atoms with Crippen molar-refractivity contribution < 1.29 is 19.3 Å². The minimum Gasteiger partial charge on any atom is -0.394 e. The second-order valence-electron chi connectivity index (χ2n) is 14.4. The molecule has 4 saturated carbocycles. The zero-order valence-electron chi connectivity index (χ0n) is 25.0. The molecule has 37 heavy (non-hydrogen) atoms. The number of hydrogen-bond acceptors (Lipinski definition) is 4. The third kappa shape index (κ3) is 6.77. The zero-order valence-corrected chi connectivity index (χ0v) is 25.0. The fourth-order valence-corrected chi connectivity index (χ4v) is 10.1. The summed E-state index contributed by atoms with van der Waals surface area (Å²) < 4.78 is 17.2. The summed E-state index contributed by atoms with van der Waals surface area (Å²) in [6.07, 6.45) is 17.4. The minimum absolute atomic E-state index is 0.0742. The van der Waals surface area contributed by atoms with E-state index in [1.807, 2.05) is 0 Å². The van der Waals surface area contributed by atoms with Gasteiger partial charge in [-0.25, -0.2) is 0 Å². The predicted octanol–water partition coefficient (Wildman–Crippen LogP) is 7.52. The lowest BCUT2D eigenvalue weighted by Gasteiger charge is -2.61. The lowest BCUT2D eigenvalue weighted by molar-refractivity contribution is -0.139. The molecule has 0 aliphatic heterocycles. The van der Waals surface area contributed by atoms with Gasteiger partial charge in [-0.1, -0.05) is 53.9 Å². The van der Waals surface area contributed by atoms with Crippen molar-refractivity contribution in [2.75, 3.05) is 39.6 Å². The highest BCUT2D eigenvalue weighted by atomic mass is 16.5. The summed E-state index contributed by atoms with van der Waals surface area (Å²) in [5.41, 5.74) is 1.14. The van der Waals surface area contributed by atoms with E-state index in [0.29, 0.717) is 50.0 Å². The first-order valence-electron chi connectivity index (χ1n) is 16.2. The second kappa shape index (κ2) is 13.5. The Kier molecular flexibility index (Phi) is 10.9. The summed E-state index contributed by atoms with van der Waals surface area (Å²) in [7, 11) is 0. The van der Waals surface area contributed by atoms with Gasteiger partial charge in [-0.2, -0.15) is 0 Å². The lowest BCUT2D eigenvalue weighted by Crippen LogP contribution is -2.54. The largest absolute Gasteiger partial charge is 0.394 e. The van der Waals surface area contributed by atoms with Crippen molar-refractivity contribution in [3.63, 3.8) is 0 Å². The molecule has 0 spiro atoms. The van der Waals surface area contributed by atoms with E-state index in [1.54, 1.807) is 0 Å². The molecule has 4 aliphatic carbocycles. The van der Waals surface area contributed by atoms with Gasteiger partial charge in [-0.05, 0) is 110 Å². The van der Waals surface area contributed by atoms with Gasteiger partial charge >= 0.3 is 0 Å². The van der Waals surface area contributed by atoms with Crippen LogP contribution in [0.2, 0.25) is 0 Å². The molecule has 4 heteroatoms. The van der Waals surface area contributed by atoms with Crippen molar-refractivity contribution in [3.05, 3.63) is 0 Å². The summed E-state index contributed by atoms with van der Waals surface area (Å²) >= 11 is 0. The predicted molar refractivity (Wildman–Crippen MR) is 152 cm³/mol. The van der Waals surface area contributed by atoms with Gasteiger partial charge in [-0.3, -0.25) is 0 Å². The SMILES string of the molecule is CC(C)CCC[C@@H](C)[C@H]1CC[C@H]2[C@@H]3CC[C@H]4C[C@@H](OCCOCCOCCO)CC[C@]4(C)[C@H]3CC[C@]12C. The highest BCUT2D eigenvalue weighted by Crippen LogP contribution is 2.68. The van der Waals surface area contributed by atoms with Crippen molar-refractivity contribution in [2.45, 2.75) is 118 Å². The Morgan fingerprint density at radius 1 is 0.757 bits per heavy atom. The van der Waals surface area contributed by atoms with Gasteiger partial charge in [0.05, 0.1) is 45.7 Å². The lowest BCUT2D eigenvalue weighted by atomic mass is 9.44. The van der Waals surface area contributed by atoms with Crippen LogP contribution in [0.5, 0.6) is 0 Å². The average Bonchev–Trinajstić information content (AvgIpc) is 3.22. The van der Waals surface area contributed by atoms with E-state index in [0.717, 1.165) is 41.4 Å². The number of fused-ring (bicyclic) bond motifs is 5. The number of hydrogen-bond donors (Lipinski definition) is 1. The highest BCUT2D eigenvalue weighted by Gasteiger charge is 2.60. The first-order chi connectivity index (χ1) is 17.8. The number of ether oxygens (including phenoxy) is 3. The molecule has 9 atom stereocenters.